The van der Waals surface area contributed by atoms with Gasteiger partial charge in [0.25, 0.3) is 5.91 Å². The van der Waals surface area contributed by atoms with Crippen molar-refractivity contribution in [1.82, 2.24) is 15.1 Å². The zero-order chi connectivity index (χ0) is 19.2. The monoisotopic (exact) mass is 417 g/mol. The van der Waals surface area contributed by atoms with Gasteiger partial charge in [-0.05, 0) is 37.9 Å². The number of rotatable bonds is 4. The predicted octanol–water partition coefficient (Wildman–Crippen LogP) is 2.38. The van der Waals surface area contributed by atoms with Crippen molar-refractivity contribution >= 4 is 24.2 Å². The van der Waals surface area contributed by atoms with Crippen LogP contribution in [0.5, 0.6) is 5.75 Å². The van der Waals surface area contributed by atoms with Crippen molar-refractivity contribution in [2.45, 2.75) is 25.9 Å². The average Bonchev–Trinajstić information content (AvgIpc) is 2.96. The van der Waals surface area contributed by atoms with E-state index in [-0.39, 0.29) is 41.5 Å². The van der Waals surface area contributed by atoms with Crippen LogP contribution in [0.2, 0.25) is 0 Å². The Labute approximate surface area is 169 Å². The quantitative estimate of drug-likeness (QED) is 0.817. The fourth-order valence-corrected chi connectivity index (χ4v) is 3.70. The number of ether oxygens (including phenoxy) is 1. The average molecular weight is 418 g/mol. The summed E-state index contributed by atoms with van der Waals surface area (Å²) in [6.45, 7) is 0.902. The van der Waals surface area contributed by atoms with Crippen LogP contribution in [-0.4, -0.2) is 67.5 Å². The topological polar surface area (TPSA) is 61.9 Å². The van der Waals surface area contributed by atoms with Crippen LogP contribution < -0.4 is 10.1 Å². The smallest absolute Gasteiger partial charge is 0.387 e. The number of carbonyl (C=O) groups excluding carboxylic acids is 2. The van der Waals surface area contributed by atoms with Gasteiger partial charge in [0.2, 0.25) is 5.91 Å². The minimum Gasteiger partial charge on any atom is -0.434 e. The van der Waals surface area contributed by atoms with Crippen LogP contribution in [0.25, 0.3) is 0 Å². The number of para-hydroxylation sites is 1. The number of carbonyl (C=O) groups is 2. The summed E-state index contributed by atoms with van der Waals surface area (Å²) >= 11 is 0. The number of benzene rings is 1. The molecule has 9 heteroatoms. The summed E-state index contributed by atoms with van der Waals surface area (Å²) in [5.41, 5.74) is 0.102. The first-order valence-corrected chi connectivity index (χ1v) is 9.39. The molecule has 0 aliphatic carbocycles. The van der Waals surface area contributed by atoms with E-state index in [0.717, 1.165) is 32.5 Å². The Morgan fingerprint density at radius 3 is 2.61 bits per heavy atom. The zero-order valence-electron chi connectivity index (χ0n) is 15.6. The lowest BCUT2D eigenvalue weighted by Crippen LogP contribution is -2.47. The van der Waals surface area contributed by atoms with Crippen LogP contribution in [0.1, 0.15) is 29.6 Å². The molecule has 1 aromatic carbocycles. The molecule has 2 aliphatic rings. The molecule has 1 N–H and O–H groups in total. The molecule has 2 saturated heterocycles. The lowest BCUT2D eigenvalue weighted by Gasteiger charge is -2.35. The minimum atomic E-state index is -2.99. The molecule has 0 aromatic heterocycles. The molecule has 2 fully saturated rings. The Hall–Kier alpha value is -1.93. The Bertz CT molecular complexity index is 670. The summed E-state index contributed by atoms with van der Waals surface area (Å²) < 4.78 is 29.7. The molecular weight excluding hydrogens is 392 g/mol. The van der Waals surface area contributed by atoms with Gasteiger partial charge in [0.05, 0.1) is 11.5 Å². The maximum Gasteiger partial charge on any atom is 0.387 e. The molecule has 1 atom stereocenters. The van der Waals surface area contributed by atoms with Gasteiger partial charge >= 0.3 is 6.61 Å². The molecule has 2 amide bonds. The number of amides is 2. The molecule has 0 spiro atoms. The Balaban J connectivity index is 0.00000280. The lowest BCUT2D eigenvalue weighted by molar-refractivity contribution is -0.136. The third-order valence-corrected chi connectivity index (χ3v) is 5.04. The maximum absolute atomic E-state index is 12.9. The summed E-state index contributed by atoms with van der Waals surface area (Å²) in [4.78, 5) is 29.2. The Morgan fingerprint density at radius 2 is 1.82 bits per heavy atom. The number of piperidine rings is 1. The van der Waals surface area contributed by atoms with Gasteiger partial charge in [-0.1, -0.05) is 12.1 Å². The second-order valence-corrected chi connectivity index (χ2v) is 6.89. The van der Waals surface area contributed by atoms with Gasteiger partial charge in [0.1, 0.15) is 5.75 Å². The Kier molecular flexibility index (Phi) is 8.44. The van der Waals surface area contributed by atoms with Gasteiger partial charge in [-0.2, -0.15) is 8.78 Å². The third kappa shape index (κ3) is 5.54. The molecule has 3 rings (SSSR count). The Morgan fingerprint density at radius 1 is 1.07 bits per heavy atom. The largest absolute Gasteiger partial charge is 0.434 e. The van der Waals surface area contributed by atoms with E-state index in [2.05, 4.69) is 10.1 Å². The van der Waals surface area contributed by atoms with Crippen molar-refractivity contribution in [1.29, 1.82) is 0 Å². The molecule has 156 valence electrons. The molecule has 6 nitrogen and oxygen atoms in total. The highest BCUT2D eigenvalue weighted by Crippen LogP contribution is 2.26. The number of hydrogen-bond acceptors (Lipinski definition) is 4. The molecule has 2 heterocycles. The van der Waals surface area contributed by atoms with Crippen LogP contribution in [0.15, 0.2) is 24.3 Å². The summed E-state index contributed by atoms with van der Waals surface area (Å²) in [6, 6.07) is 5.99. The predicted molar refractivity (Wildman–Crippen MR) is 103 cm³/mol. The van der Waals surface area contributed by atoms with Gasteiger partial charge in [0.15, 0.2) is 0 Å². The fraction of sp³-hybridized carbons (Fsp3) is 0.579. The summed E-state index contributed by atoms with van der Waals surface area (Å²) in [6.07, 6.45) is 2.37. The van der Waals surface area contributed by atoms with Crippen molar-refractivity contribution in [3.05, 3.63) is 29.8 Å². The second-order valence-electron chi connectivity index (χ2n) is 6.89. The summed E-state index contributed by atoms with van der Waals surface area (Å²) in [5.74, 6) is -0.678. The van der Waals surface area contributed by atoms with Crippen LogP contribution in [-0.2, 0) is 4.79 Å². The third-order valence-electron chi connectivity index (χ3n) is 5.04. The standard InChI is InChI=1S/C19H25F2N3O3.ClH/c20-19(21)27-16-7-2-1-6-15(16)18(26)24-10-3-5-14(13-24)17(25)23-11-4-8-22-9-12-23;/h1-2,6-7,14,19,22H,3-5,8-13H2;1H. The van der Waals surface area contributed by atoms with Crippen molar-refractivity contribution in [2.75, 3.05) is 39.3 Å². The van der Waals surface area contributed by atoms with Crippen molar-refractivity contribution in [3.8, 4) is 5.75 Å². The number of hydrogen-bond donors (Lipinski definition) is 1. The van der Waals surface area contributed by atoms with Gasteiger partial charge in [-0.15, -0.1) is 12.4 Å². The van der Waals surface area contributed by atoms with Gasteiger partial charge in [-0.3, -0.25) is 9.59 Å². The molecule has 1 unspecified atom stereocenters. The molecule has 28 heavy (non-hydrogen) atoms. The molecule has 1 aromatic rings. The number of nitrogens with zero attached hydrogens (tertiary/aromatic N) is 2. The minimum absolute atomic E-state index is 0. The highest BCUT2D eigenvalue weighted by atomic mass is 35.5. The summed E-state index contributed by atoms with van der Waals surface area (Å²) in [7, 11) is 0. The van der Waals surface area contributed by atoms with E-state index < -0.39 is 6.61 Å². The van der Waals surface area contributed by atoms with Crippen LogP contribution in [0.3, 0.4) is 0 Å². The van der Waals surface area contributed by atoms with E-state index in [1.54, 1.807) is 17.0 Å². The van der Waals surface area contributed by atoms with Crippen molar-refractivity contribution < 1.29 is 23.1 Å². The molecule has 0 radical (unpaired) electrons. The number of nitrogens with one attached hydrogen (secondary N) is 1. The van der Waals surface area contributed by atoms with E-state index in [1.165, 1.54) is 12.1 Å². The molecule has 0 bridgehead atoms. The van der Waals surface area contributed by atoms with E-state index >= 15 is 0 Å². The molecule has 0 saturated carbocycles. The fourth-order valence-electron chi connectivity index (χ4n) is 3.70. The van der Waals surface area contributed by atoms with Gasteiger partial charge in [0, 0.05) is 32.7 Å². The molecular formula is C19H26ClF2N3O3. The van der Waals surface area contributed by atoms with E-state index in [9.17, 15) is 18.4 Å². The number of likely N-dealkylation sites (tertiary alicyclic amines) is 1. The number of alkyl halides is 2. The van der Waals surface area contributed by atoms with Crippen molar-refractivity contribution in [2.24, 2.45) is 5.92 Å². The van der Waals surface area contributed by atoms with Crippen LogP contribution in [0, 0.1) is 5.92 Å². The first-order chi connectivity index (χ1) is 13.1. The highest BCUT2D eigenvalue weighted by molar-refractivity contribution is 5.97. The SMILES string of the molecule is Cl.O=C(c1ccccc1OC(F)F)N1CCCC(C(=O)N2CCCNCC2)C1. The first-order valence-electron chi connectivity index (χ1n) is 9.39. The van der Waals surface area contributed by atoms with E-state index in [1.807, 2.05) is 4.90 Å². The van der Waals surface area contributed by atoms with Crippen LogP contribution >= 0.6 is 12.4 Å². The van der Waals surface area contributed by atoms with E-state index in [0.29, 0.717) is 26.1 Å². The van der Waals surface area contributed by atoms with Crippen molar-refractivity contribution in [3.63, 3.8) is 0 Å². The van der Waals surface area contributed by atoms with E-state index in [4.69, 9.17) is 0 Å². The second kappa shape index (κ2) is 10.6. The normalized spacial score (nSPS) is 20.3. The lowest BCUT2D eigenvalue weighted by atomic mass is 9.95. The summed E-state index contributed by atoms with van der Waals surface area (Å²) in [5, 5.41) is 3.27. The van der Waals surface area contributed by atoms with Gasteiger partial charge < -0.3 is 19.9 Å². The van der Waals surface area contributed by atoms with Crippen LogP contribution in [0.4, 0.5) is 8.78 Å². The molecule has 2 aliphatic heterocycles. The first kappa shape index (κ1) is 22.4. The number of halogens is 3. The highest BCUT2D eigenvalue weighted by Gasteiger charge is 2.32. The maximum atomic E-state index is 12.9. The zero-order valence-corrected chi connectivity index (χ0v) is 16.4. The van der Waals surface area contributed by atoms with Gasteiger partial charge in [-0.25, -0.2) is 0 Å².